The maximum absolute atomic E-state index is 12.0. The molecule has 1 aromatic carbocycles. The Morgan fingerprint density at radius 3 is 2.46 bits per heavy atom. The van der Waals surface area contributed by atoms with Crippen LogP contribution in [0.15, 0.2) is 24.3 Å². The molecule has 0 saturated heterocycles. The maximum atomic E-state index is 12.0. The number of benzene rings is 1. The zero-order chi connectivity index (χ0) is 18.1. The second kappa shape index (κ2) is 7.09. The predicted octanol–water partition coefficient (Wildman–Crippen LogP) is 4.35. The number of hydrogen-bond donors (Lipinski definition) is 2. The van der Waals surface area contributed by atoms with E-state index in [1.165, 1.54) is 0 Å². The van der Waals surface area contributed by atoms with Gasteiger partial charge in [0.05, 0.1) is 21.4 Å². The van der Waals surface area contributed by atoms with Crippen molar-refractivity contribution in [1.29, 1.82) is 0 Å². The van der Waals surface area contributed by atoms with Crippen LogP contribution in [0, 0.1) is 12.3 Å². The highest BCUT2D eigenvalue weighted by Crippen LogP contribution is 2.26. The van der Waals surface area contributed by atoms with E-state index < -0.39 is 5.41 Å². The largest absolute Gasteiger partial charge is 0.317 e. The van der Waals surface area contributed by atoms with Gasteiger partial charge in [0.2, 0.25) is 5.91 Å². The summed E-state index contributed by atoms with van der Waals surface area (Å²) in [5.41, 5.74) is 0.976. The van der Waals surface area contributed by atoms with Gasteiger partial charge in [-0.25, -0.2) is 4.68 Å². The van der Waals surface area contributed by atoms with E-state index in [1.807, 2.05) is 33.8 Å². The van der Waals surface area contributed by atoms with Gasteiger partial charge in [0.15, 0.2) is 5.11 Å². The quantitative estimate of drug-likeness (QED) is 0.755. The van der Waals surface area contributed by atoms with Gasteiger partial charge >= 0.3 is 0 Å². The molecule has 8 heteroatoms. The maximum Gasteiger partial charge on any atom is 0.231 e. The van der Waals surface area contributed by atoms with Crippen LogP contribution >= 0.6 is 35.4 Å². The zero-order valence-electron chi connectivity index (χ0n) is 13.8. The fourth-order valence-electron chi connectivity index (χ4n) is 1.84. The van der Waals surface area contributed by atoms with Crippen molar-refractivity contribution in [3.63, 3.8) is 0 Å². The summed E-state index contributed by atoms with van der Waals surface area (Å²) in [6.07, 6.45) is 0. The molecule has 0 radical (unpaired) electrons. The molecule has 0 atom stereocenters. The number of aryl methyl sites for hydroxylation is 1. The number of nitrogens with one attached hydrogen (secondary N) is 2. The lowest BCUT2D eigenvalue weighted by Gasteiger charge is -2.18. The predicted molar refractivity (Wildman–Crippen MR) is 102 cm³/mol. The number of aromatic nitrogens is 2. The van der Waals surface area contributed by atoms with Crippen molar-refractivity contribution in [2.24, 2.45) is 5.41 Å². The molecule has 0 unspecified atom stereocenters. The molecule has 128 valence electrons. The molecule has 0 aliphatic heterocycles. The van der Waals surface area contributed by atoms with Gasteiger partial charge in [0.1, 0.15) is 5.82 Å². The van der Waals surface area contributed by atoms with Gasteiger partial charge in [0.25, 0.3) is 0 Å². The summed E-state index contributed by atoms with van der Waals surface area (Å²) in [4.78, 5) is 12.0. The van der Waals surface area contributed by atoms with E-state index in [0.717, 1.165) is 11.4 Å². The minimum Gasteiger partial charge on any atom is -0.317 e. The topological polar surface area (TPSA) is 58.9 Å². The molecule has 24 heavy (non-hydrogen) atoms. The van der Waals surface area contributed by atoms with Gasteiger partial charge in [-0.3, -0.25) is 4.79 Å². The highest BCUT2D eigenvalue weighted by atomic mass is 35.5. The first-order valence-corrected chi connectivity index (χ1v) is 8.39. The smallest absolute Gasteiger partial charge is 0.231 e. The molecule has 2 aromatic rings. The second-order valence-electron chi connectivity index (χ2n) is 6.34. The normalized spacial score (nSPS) is 11.2. The van der Waals surface area contributed by atoms with Crippen LogP contribution in [-0.2, 0) is 4.79 Å². The fourth-order valence-corrected chi connectivity index (χ4v) is 2.33. The minimum atomic E-state index is -0.536. The highest BCUT2D eigenvalue weighted by molar-refractivity contribution is 7.80. The lowest BCUT2D eigenvalue weighted by atomic mass is 9.96. The molecule has 1 aromatic heterocycles. The highest BCUT2D eigenvalue weighted by Gasteiger charge is 2.22. The van der Waals surface area contributed by atoms with Gasteiger partial charge in [-0.15, -0.1) is 0 Å². The third kappa shape index (κ3) is 4.47. The molecule has 0 fully saturated rings. The molecule has 5 nitrogen and oxygen atoms in total. The van der Waals surface area contributed by atoms with Crippen LogP contribution < -0.4 is 10.6 Å². The van der Waals surface area contributed by atoms with E-state index in [2.05, 4.69) is 15.7 Å². The fraction of sp³-hybridized carbons (Fsp3) is 0.312. The summed E-state index contributed by atoms with van der Waals surface area (Å²) >= 11 is 17.2. The van der Waals surface area contributed by atoms with Crippen LogP contribution in [0.25, 0.3) is 5.69 Å². The van der Waals surface area contributed by atoms with E-state index in [0.29, 0.717) is 15.9 Å². The van der Waals surface area contributed by atoms with Crippen molar-refractivity contribution >= 4 is 52.3 Å². The number of nitrogens with zero attached hydrogens (tertiary/aromatic N) is 2. The number of rotatable bonds is 2. The summed E-state index contributed by atoms with van der Waals surface area (Å²) < 4.78 is 1.65. The molecule has 2 rings (SSSR count). The molecule has 1 amide bonds. The van der Waals surface area contributed by atoms with E-state index >= 15 is 0 Å². The van der Waals surface area contributed by atoms with Crippen LogP contribution in [0.1, 0.15) is 26.5 Å². The molecule has 1 heterocycles. The average molecular weight is 385 g/mol. The van der Waals surface area contributed by atoms with Crippen LogP contribution in [-0.4, -0.2) is 20.8 Å². The van der Waals surface area contributed by atoms with Crippen molar-refractivity contribution in [1.82, 2.24) is 15.1 Å². The van der Waals surface area contributed by atoms with E-state index in [1.54, 1.807) is 22.9 Å². The Balaban J connectivity index is 2.24. The first kappa shape index (κ1) is 18.7. The Kier molecular flexibility index (Phi) is 5.52. The number of carbonyl (C=O) groups excluding carboxylic acids is 1. The van der Waals surface area contributed by atoms with Crippen LogP contribution in [0.2, 0.25) is 10.0 Å². The number of thiocarbonyl (C=S) groups is 1. The zero-order valence-corrected chi connectivity index (χ0v) is 16.1. The standard InChI is InChI=1S/C16H18Cl2N4OS/c1-9-7-13(19-15(24)20-14(23)16(2,3)4)22(21-9)10-5-6-11(17)12(18)8-10/h5-8H,1-4H3,(H2,19,20,23,24). The number of hydrogen-bond acceptors (Lipinski definition) is 3. The number of halogens is 2. The Labute approximate surface area is 156 Å². The third-order valence-corrected chi connectivity index (χ3v) is 4.07. The van der Waals surface area contributed by atoms with Crippen molar-refractivity contribution in [2.75, 3.05) is 5.32 Å². The molecule has 0 saturated carbocycles. The first-order valence-electron chi connectivity index (χ1n) is 7.22. The van der Waals surface area contributed by atoms with E-state index in [9.17, 15) is 4.79 Å². The van der Waals surface area contributed by atoms with Crippen LogP contribution in [0.3, 0.4) is 0 Å². The van der Waals surface area contributed by atoms with E-state index in [-0.39, 0.29) is 11.0 Å². The lowest BCUT2D eigenvalue weighted by Crippen LogP contribution is -2.41. The Bertz CT molecular complexity index is 796. The molecule has 0 spiro atoms. The summed E-state index contributed by atoms with van der Waals surface area (Å²) in [6.45, 7) is 7.30. The van der Waals surface area contributed by atoms with E-state index in [4.69, 9.17) is 35.4 Å². The summed E-state index contributed by atoms with van der Waals surface area (Å²) in [7, 11) is 0. The van der Waals surface area contributed by atoms with Crippen molar-refractivity contribution in [2.45, 2.75) is 27.7 Å². The van der Waals surface area contributed by atoms with Crippen LogP contribution in [0.4, 0.5) is 5.82 Å². The van der Waals surface area contributed by atoms with Gasteiger partial charge in [-0.2, -0.15) is 5.10 Å². The van der Waals surface area contributed by atoms with Crippen molar-refractivity contribution in [3.8, 4) is 5.69 Å². The SMILES string of the molecule is Cc1cc(NC(=S)NC(=O)C(C)(C)C)n(-c2ccc(Cl)c(Cl)c2)n1. The van der Waals surface area contributed by atoms with Crippen LogP contribution in [0.5, 0.6) is 0 Å². The summed E-state index contributed by atoms with van der Waals surface area (Å²) in [6, 6.07) is 7.01. The Morgan fingerprint density at radius 1 is 1.21 bits per heavy atom. The third-order valence-electron chi connectivity index (χ3n) is 3.13. The molecule has 0 bridgehead atoms. The number of anilines is 1. The molecule has 0 aliphatic rings. The second-order valence-corrected chi connectivity index (χ2v) is 7.56. The van der Waals surface area contributed by atoms with Gasteiger partial charge in [0, 0.05) is 11.5 Å². The van der Waals surface area contributed by atoms with Gasteiger partial charge in [-0.05, 0) is 37.3 Å². The average Bonchev–Trinajstić information content (AvgIpc) is 2.81. The minimum absolute atomic E-state index is 0.169. The Morgan fingerprint density at radius 2 is 1.88 bits per heavy atom. The molecular weight excluding hydrogens is 367 g/mol. The van der Waals surface area contributed by atoms with Crippen molar-refractivity contribution in [3.05, 3.63) is 40.0 Å². The molecule has 2 N–H and O–H groups in total. The summed E-state index contributed by atoms with van der Waals surface area (Å²) in [5.74, 6) is 0.447. The number of carbonyl (C=O) groups is 1. The molecular formula is C16H18Cl2N4OS. The van der Waals surface area contributed by atoms with Crippen molar-refractivity contribution < 1.29 is 4.79 Å². The van der Waals surface area contributed by atoms with Gasteiger partial charge < -0.3 is 10.6 Å². The Hall–Kier alpha value is -1.63. The van der Waals surface area contributed by atoms with Gasteiger partial charge in [-0.1, -0.05) is 44.0 Å². The number of amides is 1. The first-order chi connectivity index (χ1) is 11.1. The molecule has 0 aliphatic carbocycles. The monoisotopic (exact) mass is 384 g/mol. The summed E-state index contributed by atoms with van der Waals surface area (Å²) in [5, 5.41) is 11.2. The lowest BCUT2D eigenvalue weighted by molar-refractivity contribution is -0.126.